The highest BCUT2D eigenvalue weighted by atomic mass is 19.4. The van der Waals surface area contributed by atoms with Crippen LogP contribution >= 0.6 is 0 Å². The van der Waals surface area contributed by atoms with Crippen LogP contribution in [-0.4, -0.2) is 26.6 Å². The van der Waals surface area contributed by atoms with Crippen molar-refractivity contribution >= 4 is 0 Å². The van der Waals surface area contributed by atoms with Crippen molar-refractivity contribution < 1.29 is 22.5 Å². The topological polar surface area (TPSA) is 59.6 Å². The minimum absolute atomic E-state index is 0.267. The Balaban J connectivity index is 1.55. The lowest BCUT2D eigenvalue weighted by Crippen LogP contribution is -2.28. The summed E-state index contributed by atoms with van der Waals surface area (Å²) >= 11 is 0. The third-order valence-electron chi connectivity index (χ3n) is 5.99. The zero-order valence-corrected chi connectivity index (χ0v) is 18.2. The van der Waals surface area contributed by atoms with Gasteiger partial charge in [-0.25, -0.2) is 15.0 Å². The standard InChI is InChI=1S/C24H22F3N5O/c1-15-12-32(14-28-15)21-10-9-19(30-23(21)33-2)20-13-31-11-5-7-17(22(31)29-20)16-6-3-4-8-18(16)24(25,26)27/h3-4,6,8-10,12-14,17H,5,7,11H2,1-2H3/p+1/t17-/m0/s1. The highest BCUT2D eigenvalue weighted by Crippen LogP contribution is 2.41. The van der Waals surface area contributed by atoms with Gasteiger partial charge < -0.3 is 9.30 Å². The van der Waals surface area contributed by atoms with Crippen LogP contribution in [0.2, 0.25) is 0 Å². The number of aromatic nitrogens is 5. The summed E-state index contributed by atoms with van der Waals surface area (Å²) in [5, 5.41) is 0. The van der Waals surface area contributed by atoms with Gasteiger partial charge in [0.15, 0.2) is 5.69 Å². The van der Waals surface area contributed by atoms with E-state index in [2.05, 4.69) is 9.97 Å². The predicted molar refractivity (Wildman–Crippen MR) is 115 cm³/mol. The van der Waals surface area contributed by atoms with Crippen LogP contribution in [0.15, 0.2) is 55.1 Å². The molecule has 3 aromatic heterocycles. The van der Waals surface area contributed by atoms with E-state index in [-0.39, 0.29) is 5.56 Å². The summed E-state index contributed by atoms with van der Waals surface area (Å²) in [4.78, 5) is 12.5. The fraction of sp³-hybridized carbons (Fsp3) is 0.292. The van der Waals surface area contributed by atoms with Gasteiger partial charge in [-0.3, -0.25) is 0 Å². The molecular formula is C24H23F3N5O+. The fourth-order valence-corrected chi connectivity index (χ4v) is 4.48. The highest BCUT2D eigenvalue weighted by molar-refractivity contribution is 5.57. The summed E-state index contributed by atoms with van der Waals surface area (Å²) in [5.74, 6) is 0.639. The molecule has 1 aliphatic rings. The summed E-state index contributed by atoms with van der Waals surface area (Å²) in [5.41, 5.74) is 2.65. The second-order valence-electron chi connectivity index (χ2n) is 8.18. The SMILES string of the molecule is COc1nc(-c2cn3c(n2)[C@H](c2ccccc2C(F)(F)F)CCC3)ccc1-[n+]1c[nH]c(C)c1. The van der Waals surface area contributed by atoms with Crippen LogP contribution in [-0.2, 0) is 12.7 Å². The number of nitrogens with one attached hydrogen (secondary N) is 1. The number of methoxy groups -OCH3 is 1. The molecule has 1 N–H and O–H groups in total. The molecule has 9 heteroatoms. The van der Waals surface area contributed by atoms with E-state index in [1.165, 1.54) is 6.07 Å². The van der Waals surface area contributed by atoms with Crippen molar-refractivity contribution in [1.82, 2.24) is 19.5 Å². The van der Waals surface area contributed by atoms with Gasteiger partial charge in [0.25, 0.3) is 5.88 Å². The van der Waals surface area contributed by atoms with E-state index in [4.69, 9.17) is 9.72 Å². The number of halogens is 3. The Bertz CT molecular complexity index is 1310. The average Bonchev–Trinajstić information content (AvgIpc) is 3.44. The highest BCUT2D eigenvalue weighted by Gasteiger charge is 2.37. The summed E-state index contributed by atoms with van der Waals surface area (Å²) < 4.78 is 50.3. The lowest BCUT2D eigenvalue weighted by molar-refractivity contribution is -0.595. The largest absolute Gasteiger partial charge is 0.478 e. The Morgan fingerprint density at radius 1 is 1.12 bits per heavy atom. The Morgan fingerprint density at radius 3 is 2.67 bits per heavy atom. The third-order valence-corrected chi connectivity index (χ3v) is 5.99. The van der Waals surface area contributed by atoms with Crippen molar-refractivity contribution in [1.29, 1.82) is 0 Å². The van der Waals surface area contributed by atoms with Crippen LogP contribution in [0.5, 0.6) is 5.88 Å². The summed E-state index contributed by atoms with van der Waals surface area (Å²) in [7, 11) is 1.55. The molecule has 0 saturated carbocycles. The molecule has 170 valence electrons. The molecule has 6 nitrogen and oxygen atoms in total. The monoisotopic (exact) mass is 454 g/mol. The molecular weight excluding hydrogens is 431 g/mol. The Hall–Kier alpha value is -3.62. The number of fused-ring (bicyclic) bond motifs is 1. The normalized spacial score (nSPS) is 16.0. The maximum absolute atomic E-state index is 13.7. The molecule has 0 bridgehead atoms. The number of hydrogen-bond acceptors (Lipinski definition) is 3. The van der Waals surface area contributed by atoms with E-state index in [1.807, 2.05) is 46.9 Å². The molecule has 4 heterocycles. The number of pyridine rings is 1. The predicted octanol–water partition coefficient (Wildman–Crippen LogP) is 4.81. The van der Waals surface area contributed by atoms with Crippen molar-refractivity contribution in [3.8, 4) is 23.0 Å². The number of imidazole rings is 2. The molecule has 0 amide bonds. The molecule has 5 rings (SSSR count). The van der Waals surface area contributed by atoms with Crippen LogP contribution < -0.4 is 9.30 Å². The first-order valence-corrected chi connectivity index (χ1v) is 10.7. The molecule has 4 aromatic rings. The van der Waals surface area contributed by atoms with Crippen molar-refractivity contribution in [2.24, 2.45) is 0 Å². The Labute approximate surface area is 188 Å². The average molecular weight is 454 g/mol. The first kappa shape index (κ1) is 21.2. The van der Waals surface area contributed by atoms with Crippen molar-refractivity contribution in [3.63, 3.8) is 0 Å². The first-order valence-electron chi connectivity index (χ1n) is 10.7. The van der Waals surface area contributed by atoms with Gasteiger partial charge in [0, 0.05) is 25.6 Å². The lowest BCUT2D eigenvalue weighted by atomic mass is 9.87. The zero-order chi connectivity index (χ0) is 23.2. The van der Waals surface area contributed by atoms with Crippen LogP contribution in [0, 0.1) is 6.92 Å². The number of ether oxygens (including phenoxy) is 1. The van der Waals surface area contributed by atoms with Gasteiger partial charge in [0.05, 0.1) is 18.4 Å². The van der Waals surface area contributed by atoms with Gasteiger partial charge in [0.2, 0.25) is 6.33 Å². The number of nitrogens with zero attached hydrogens (tertiary/aromatic N) is 4. The molecule has 1 aliphatic heterocycles. The van der Waals surface area contributed by atoms with Crippen molar-refractivity contribution in [2.75, 3.05) is 7.11 Å². The number of H-pyrrole nitrogens is 1. The van der Waals surface area contributed by atoms with Gasteiger partial charge in [-0.2, -0.15) is 17.7 Å². The molecule has 0 aliphatic carbocycles. The zero-order valence-electron chi connectivity index (χ0n) is 18.2. The number of aromatic amines is 1. The Kier molecular flexibility index (Phi) is 5.19. The second-order valence-corrected chi connectivity index (χ2v) is 8.18. The third kappa shape index (κ3) is 3.88. The molecule has 1 atom stereocenters. The maximum atomic E-state index is 13.7. The van der Waals surface area contributed by atoms with Gasteiger partial charge in [-0.05, 0) is 36.6 Å². The first-order chi connectivity index (χ1) is 15.8. The van der Waals surface area contributed by atoms with E-state index in [0.717, 1.165) is 23.9 Å². The van der Waals surface area contributed by atoms with E-state index >= 15 is 0 Å². The second kappa shape index (κ2) is 8.06. The quantitative estimate of drug-likeness (QED) is 0.450. The molecule has 0 saturated heterocycles. The Morgan fingerprint density at radius 2 is 1.94 bits per heavy atom. The van der Waals surface area contributed by atoms with E-state index in [0.29, 0.717) is 36.1 Å². The lowest BCUT2D eigenvalue weighted by Gasteiger charge is -2.26. The van der Waals surface area contributed by atoms with Gasteiger partial charge >= 0.3 is 6.18 Å². The van der Waals surface area contributed by atoms with Crippen molar-refractivity contribution in [3.05, 3.63) is 77.8 Å². The molecule has 0 spiro atoms. The maximum Gasteiger partial charge on any atom is 0.416 e. The van der Waals surface area contributed by atoms with Gasteiger partial charge in [-0.1, -0.05) is 18.2 Å². The van der Waals surface area contributed by atoms with Crippen LogP contribution in [0.3, 0.4) is 0 Å². The van der Waals surface area contributed by atoms with Crippen LogP contribution in [0.25, 0.3) is 17.1 Å². The van der Waals surface area contributed by atoms with Gasteiger partial charge in [0.1, 0.15) is 23.4 Å². The summed E-state index contributed by atoms with van der Waals surface area (Å²) in [6.07, 6.45) is 2.59. The minimum atomic E-state index is -4.41. The summed E-state index contributed by atoms with van der Waals surface area (Å²) in [6.45, 7) is 2.66. The minimum Gasteiger partial charge on any atom is -0.478 e. The molecule has 0 radical (unpaired) electrons. The molecule has 33 heavy (non-hydrogen) atoms. The fourth-order valence-electron chi connectivity index (χ4n) is 4.48. The van der Waals surface area contributed by atoms with E-state index < -0.39 is 17.7 Å². The number of benzene rings is 1. The summed E-state index contributed by atoms with van der Waals surface area (Å²) in [6, 6.07) is 9.52. The van der Waals surface area contributed by atoms with E-state index in [9.17, 15) is 13.2 Å². The smallest absolute Gasteiger partial charge is 0.416 e. The molecule has 0 fully saturated rings. The van der Waals surface area contributed by atoms with Crippen LogP contribution in [0.4, 0.5) is 13.2 Å². The molecule has 1 aromatic carbocycles. The van der Waals surface area contributed by atoms with Gasteiger partial charge in [-0.15, -0.1) is 0 Å². The van der Waals surface area contributed by atoms with E-state index in [1.54, 1.807) is 19.2 Å². The van der Waals surface area contributed by atoms with Crippen molar-refractivity contribution in [2.45, 2.75) is 38.4 Å². The number of aryl methyl sites for hydroxylation is 2. The number of alkyl halides is 3. The molecule has 0 unspecified atom stereocenters. The van der Waals surface area contributed by atoms with Crippen LogP contribution in [0.1, 0.15) is 41.4 Å². The number of hydrogen-bond donors (Lipinski definition) is 1. The number of rotatable bonds is 4.